The van der Waals surface area contributed by atoms with E-state index < -0.39 is 0 Å². The van der Waals surface area contributed by atoms with Crippen molar-refractivity contribution in [2.75, 3.05) is 31.6 Å². The Labute approximate surface area is 106 Å². The zero-order valence-electron chi connectivity index (χ0n) is 10.7. The number of morpholine rings is 1. The molecule has 1 unspecified atom stereocenters. The second-order valence-corrected chi connectivity index (χ2v) is 4.35. The van der Waals surface area contributed by atoms with Crippen molar-refractivity contribution in [2.24, 2.45) is 0 Å². The summed E-state index contributed by atoms with van der Waals surface area (Å²) >= 11 is 0. The highest BCUT2D eigenvalue weighted by atomic mass is 16.5. The van der Waals surface area contributed by atoms with Gasteiger partial charge in [0.1, 0.15) is 11.6 Å². The van der Waals surface area contributed by atoms with E-state index >= 15 is 0 Å². The quantitative estimate of drug-likeness (QED) is 0.802. The first-order valence-electron chi connectivity index (χ1n) is 6.01. The molecule has 1 aromatic heterocycles. The molecule has 6 heteroatoms. The molecule has 1 atom stereocenters. The van der Waals surface area contributed by atoms with Crippen molar-refractivity contribution in [3.8, 4) is 6.07 Å². The van der Waals surface area contributed by atoms with Gasteiger partial charge in [0.15, 0.2) is 5.82 Å². The van der Waals surface area contributed by atoms with Gasteiger partial charge in [-0.2, -0.15) is 10.4 Å². The number of aryl methyl sites for hydroxylation is 1. The number of hydrogen-bond donors (Lipinski definition) is 2. The van der Waals surface area contributed by atoms with E-state index in [1.54, 1.807) is 0 Å². The van der Waals surface area contributed by atoms with Gasteiger partial charge in [-0.05, 0) is 19.4 Å². The summed E-state index contributed by atoms with van der Waals surface area (Å²) in [6, 6.07) is 2.42. The summed E-state index contributed by atoms with van der Waals surface area (Å²) in [4.78, 5) is 0. The molecule has 2 rings (SSSR count). The first-order chi connectivity index (χ1) is 8.72. The third kappa shape index (κ3) is 2.75. The Hall–Kier alpha value is -1.71. The molecule has 1 saturated heterocycles. The summed E-state index contributed by atoms with van der Waals surface area (Å²) in [5, 5.41) is 23.7. The lowest BCUT2D eigenvalue weighted by Crippen LogP contribution is -2.45. The second-order valence-electron chi connectivity index (χ2n) is 4.35. The molecule has 0 radical (unpaired) electrons. The molecular weight excluding hydrogens is 230 g/mol. The van der Waals surface area contributed by atoms with Gasteiger partial charge in [0, 0.05) is 19.1 Å². The molecule has 2 N–H and O–H groups in total. The highest BCUT2D eigenvalue weighted by Crippen LogP contribution is 2.16. The van der Waals surface area contributed by atoms with Crippen LogP contribution in [0.4, 0.5) is 5.82 Å². The summed E-state index contributed by atoms with van der Waals surface area (Å²) in [7, 11) is 0. The molecule has 2 heterocycles. The van der Waals surface area contributed by atoms with Gasteiger partial charge in [-0.25, -0.2) is 0 Å². The van der Waals surface area contributed by atoms with E-state index in [1.165, 1.54) is 0 Å². The van der Waals surface area contributed by atoms with Crippen LogP contribution in [-0.4, -0.2) is 42.5 Å². The smallest absolute Gasteiger partial charge is 0.166 e. The van der Waals surface area contributed by atoms with Crippen molar-refractivity contribution >= 4 is 5.82 Å². The molecule has 1 aliphatic rings. The first kappa shape index (κ1) is 12.7. The number of nitrogens with zero attached hydrogens (tertiary/aromatic N) is 3. The van der Waals surface area contributed by atoms with Gasteiger partial charge in [0.2, 0.25) is 0 Å². The Morgan fingerprint density at radius 3 is 3.00 bits per heavy atom. The average Bonchev–Trinajstić information content (AvgIpc) is 2.41. The van der Waals surface area contributed by atoms with Crippen molar-refractivity contribution in [2.45, 2.75) is 19.9 Å². The van der Waals surface area contributed by atoms with Gasteiger partial charge >= 0.3 is 0 Å². The van der Waals surface area contributed by atoms with Gasteiger partial charge in [0.25, 0.3) is 0 Å². The third-order valence-corrected chi connectivity index (χ3v) is 3.08. The molecule has 0 bridgehead atoms. The van der Waals surface area contributed by atoms with Crippen LogP contribution in [0.1, 0.15) is 16.8 Å². The lowest BCUT2D eigenvalue weighted by molar-refractivity contribution is 0.0806. The van der Waals surface area contributed by atoms with Crippen LogP contribution >= 0.6 is 0 Å². The minimum Gasteiger partial charge on any atom is -0.378 e. The molecule has 1 aromatic rings. The van der Waals surface area contributed by atoms with Crippen molar-refractivity contribution in [3.05, 3.63) is 16.8 Å². The molecular formula is C12H17N5O. The molecule has 18 heavy (non-hydrogen) atoms. The van der Waals surface area contributed by atoms with Crippen molar-refractivity contribution in [3.63, 3.8) is 0 Å². The molecule has 1 fully saturated rings. The van der Waals surface area contributed by atoms with Crippen LogP contribution in [-0.2, 0) is 4.74 Å². The molecule has 0 spiro atoms. The minimum absolute atomic E-state index is 0.244. The predicted molar refractivity (Wildman–Crippen MR) is 67.3 cm³/mol. The summed E-state index contributed by atoms with van der Waals surface area (Å²) in [5.41, 5.74) is 2.23. The molecule has 96 valence electrons. The zero-order chi connectivity index (χ0) is 13.0. The van der Waals surface area contributed by atoms with Crippen molar-refractivity contribution in [1.29, 1.82) is 5.26 Å². The van der Waals surface area contributed by atoms with Gasteiger partial charge in [0.05, 0.1) is 18.9 Å². The maximum Gasteiger partial charge on any atom is 0.166 e. The normalized spacial score (nSPS) is 19.3. The third-order valence-electron chi connectivity index (χ3n) is 3.08. The number of aromatic nitrogens is 2. The van der Waals surface area contributed by atoms with Gasteiger partial charge in [-0.1, -0.05) is 0 Å². The number of ether oxygens (including phenoxy) is 1. The Morgan fingerprint density at radius 2 is 2.33 bits per heavy atom. The monoisotopic (exact) mass is 247 g/mol. The van der Waals surface area contributed by atoms with Crippen LogP contribution in [0, 0.1) is 25.2 Å². The number of nitrogens with one attached hydrogen (secondary N) is 2. The number of hydrogen-bond acceptors (Lipinski definition) is 6. The van der Waals surface area contributed by atoms with Gasteiger partial charge < -0.3 is 15.4 Å². The maximum absolute atomic E-state index is 9.16. The van der Waals surface area contributed by atoms with E-state index in [4.69, 9.17) is 10.00 Å². The van der Waals surface area contributed by atoms with Crippen molar-refractivity contribution in [1.82, 2.24) is 15.5 Å². The maximum atomic E-state index is 9.16. The lowest BCUT2D eigenvalue weighted by Gasteiger charge is -2.24. The summed E-state index contributed by atoms with van der Waals surface area (Å²) in [6.07, 6.45) is 0. The zero-order valence-corrected chi connectivity index (χ0v) is 10.7. The van der Waals surface area contributed by atoms with E-state index in [0.717, 1.165) is 24.4 Å². The first-order valence-corrected chi connectivity index (χ1v) is 6.01. The van der Waals surface area contributed by atoms with Gasteiger partial charge in [-0.3, -0.25) is 0 Å². The predicted octanol–water partition coefficient (Wildman–Crippen LogP) is 0.365. The summed E-state index contributed by atoms with van der Waals surface area (Å²) in [5.74, 6) is 0.549. The van der Waals surface area contributed by atoms with Crippen molar-refractivity contribution < 1.29 is 4.74 Å². The molecule has 0 saturated carbocycles. The molecule has 0 aliphatic carbocycles. The summed E-state index contributed by atoms with van der Waals surface area (Å²) < 4.78 is 5.37. The van der Waals surface area contributed by atoms with Crippen LogP contribution in [0.15, 0.2) is 0 Å². The van der Waals surface area contributed by atoms with Crippen LogP contribution in [0.5, 0.6) is 0 Å². The van der Waals surface area contributed by atoms with E-state index in [9.17, 15) is 0 Å². The molecule has 1 aliphatic heterocycles. The SMILES string of the molecule is Cc1nnc(NCC2COCCN2)c(C#N)c1C. The Morgan fingerprint density at radius 1 is 1.50 bits per heavy atom. The Balaban J connectivity index is 2.05. The largest absolute Gasteiger partial charge is 0.378 e. The van der Waals surface area contributed by atoms with E-state index in [1.807, 2.05) is 13.8 Å². The van der Waals surface area contributed by atoms with E-state index in [-0.39, 0.29) is 6.04 Å². The highest BCUT2D eigenvalue weighted by Gasteiger charge is 2.15. The topological polar surface area (TPSA) is 82.9 Å². The minimum atomic E-state index is 0.244. The average molecular weight is 247 g/mol. The molecule has 0 aromatic carbocycles. The Bertz CT molecular complexity index is 462. The standard InChI is InChI=1S/C12H17N5O/c1-8-9(2)16-17-12(11(8)5-13)15-6-10-7-18-4-3-14-10/h10,14H,3-4,6-7H2,1-2H3,(H,15,17). The molecule has 6 nitrogen and oxygen atoms in total. The Kier molecular flexibility index (Phi) is 4.07. The number of nitriles is 1. The highest BCUT2D eigenvalue weighted by molar-refractivity contribution is 5.55. The van der Waals surface area contributed by atoms with Gasteiger partial charge in [-0.15, -0.1) is 5.10 Å². The van der Waals surface area contributed by atoms with Crippen LogP contribution in [0.2, 0.25) is 0 Å². The van der Waals surface area contributed by atoms with E-state index in [0.29, 0.717) is 24.5 Å². The van der Waals surface area contributed by atoms with Crippen LogP contribution < -0.4 is 10.6 Å². The fourth-order valence-electron chi connectivity index (χ4n) is 1.84. The fourth-order valence-corrected chi connectivity index (χ4v) is 1.84. The number of rotatable bonds is 3. The summed E-state index contributed by atoms with van der Waals surface area (Å²) in [6.45, 7) is 6.69. The van der Waals surface area contributed by atoms with E-state index in [2.05, 4.69) is 26.9 Å². The fraction of sp³-hybridized carbons (Fsp3) is 0.583. The van der Waals surface area contributed by atoms with Crippen LogP contribution in [0.25, 0.3) is 0 Å². The lowest BCUT2D eigenvalue weighted by atomic mass is 10.1. The van der Waals surface area contributed by atoms with Crippen LogP contribution in [0.3, 0.4) is 0 Å². The number of anilines is 1. The molecule has 0 amide bonds. The second kappa shape index (κ2) is 5.76.